The SMILES string of the molecule is Cc1ccc(N)cc1C(CNC(=O)O)CC1(C(c2ccccc2)(c2ccccc2)c2ccccc2)N=NN=N1. The molecule has 0 spiro atoms. The fourth-order valence-corrected chi connectivity index (χ4v) is 5.80. The van der Waals surface area contributed by atoms with Crippen LogP contribution in [-0.4, -0.2) is 23.4 Å². The Hall–Kier alpha value is -4.85. The van der Waals surface area contributed by atoms with E-state index in [1.165, 1.54) is 0 Å². The zero-order valence-corrected chi connectivity index (χ0v) is 21.6. The molecule has 1 unspecified atom stereocenters. The first-order valence-corrected chi connectivity index (χ1v) is 12.8. The van der Waals surface area contributed by atoms with Crippen LogP contribution in [0.15, 0.2) is 130 Å². The Morgan fingerprint density at radius 3 is 1.79 bits per heavy atom. The van der Waals surface area contributed by atoms with Crippen molar-refractivity contribution in [3.8, 4) is 0 Å². The van der Waals surface area contributed by atoms with Gasteiger partial charge in [-0.2, -0.15) is 0 Å². The molecule has 0 aliphatic carbocycles. The summed E-state index contributed by atoms with van der Waals surface area (Å²) in [7, 11) is 0. The fourth-order valence-electron chi connectivity index (χ4n) is 5.80. The number of nitrogen functional groups attached to an aromatic ring is 1. The topological polar surface area (TPSA) is 125 Å². The first kappa shape index (κ1) is 25.8. The molecule has 4 aromatic carbocycles. The number of nitrogens with one attached hydrogen (secondary N) is 1. The first-order valence-electron chi connectivity index (χ1n) is 12.8. The molecule has 196 valence electrons. The van der Waals surface area contributed by atoms with Gasteiger partial charge in [0.2, 0.25) is 5.66 Å². The maximum absolute atomic E-state index is 11.6. The zero-order valence-electron chi connectivity index (χ0n) is 21.6. The summed E-state index contributed by atoms with van der Waals surface area (Å²) in [4.78, 5) is 11.6. The lowest BCUT2D eigenvalue weighted by Crippen LogP contribution is -2.51. The van der Waals surface area contributed by atoms with Gasteiger partial charge in [0, 0.05) is 24.6 Å². The molecule has 1 atom stereocenters. The van der Waals surface area contributed by atoms with E-state index in [-0.39, 0.29) is 12.5 Å². The second kappa shape index (κ2) is 10.9. The lowest BCUT2D eigenvalue weighted by molar-refractivity contribution is 0.191. The van der Waals surface area contributed by atoms with Crippen LogP contribution in [0, 0.1) is 6.92 Å². The molecule has 0 aromatic heterocycles. The van der Waals surface area contributed by atoms with Crippen LogP contribution >= 0.6 is 0 Å². The molecule has 1 heterocycles. The summed E-state index contributed by atoms with van der Waals surface area (Å²) in [6, 6.07) is 36.0. The number of carboxylic acid groups (broad SMARTS) is 1. The van der Waals surface area contributed by atoms with Crippen molar-refractivity contribution in [2.45, 2.75) is 30.3 Å². The quantitative estimate of drug-likeness (QED) is 0.165. The van der Waals surface area contributed by atoms with Crippen molar-refractivity contribution < 1.29 is 9.90 Å². The number of benzene rings is 4. The van der Waals surface area contributed by atoms with E-state index in [2.05, 4.69) is 52.2 Å². The van der Waals surface area contributed by atoms with Gasteiger partial charge in [-0.3, -0.25) is 0 Å². The van der Waals surface area contributed by atoms with Crippen LogP contribution in [0.2, 0.25) is 0 Å². The molecule has 1 aliphatic rings. The second-order valence-corrected chi connectivity index (χ2v) is 9.75. The van der Waals surface area contributed by atoms with E-state index in [9.17, 15) is 9.90 Å². The number of aryl methyl sites for hydroxylation is 1. The number of hydrogen-bond donors (Lipinski definition) is 3. The van der Waals surface area contributed by atoms with Crippen LogP contribution in [0.5, 0.6) is 0 Å². The number of carbonyl (C=O) groups is 1. The maximum Gasteiger partial charge on any atom is 0.404 e. The predicted octanol–water partition coefficient (Wildman–Crippen LogP) is 6.88. The van der Waals surface area contributed by atoms with Gasteiger partial charge in [-0.1, -0.05) is 97.1 Å². The monoisotopic (exact) mass is 518 g/mol. The Labute approximate surface area is 227 Å². The fraction of sp³-hybridized carbons (Fsp3) is 0.194. The Morgan fingerprint density at radius 1 is 0.846 bits per heavy atom. The van der Waals surface area contributed by atoms with Crippen molar-refractivity contribution in [2.24, 2.45) is 20.7 Å². The summed E-state index contributed by atoms with van der Waals surface area (Å²) in [6.45, 7) is 2.13. The lowest BCUT2D eigenvalue weighted by atomic mass is 9.59. The van der Waals surface area contributed by atoms with E-state index in [1.54, 1.807) is 0 Å². The minimum Gasteiger partial charge on any atom is -0.465 e. The van der Waals surface area contributed by atoms with Gasteiger partial charge in [0.1, 0.15) is 0 Å². The van der Waals surface area contributed by atoms with Gasteiger partial charge in [0.05, 0.1) is 5.41 Å². The highest BCUT2D eigenvalue weighted by Gasteiger charge is 2.58. The van der Waals surface area contributed by atoms with Crippen molar-refractivity contribution in [3.05, 3.63) is 137 Å². The van der Waals surface area contributed by atoms with Gasteiger partial charge in [-0.05, 0) is 57.3 Å². The summed E-state index contributed by atoms with van der Waals surface area (Å²) in [6.07, 6.45) is -0.797. The number of amides is 1. The molecule has 0 saturated heterocycles. The van der Waals surface area contributed by atoms with E-state index in [1.807, 2.05) is 79.7 Å². The van der Waals surface area contributed by atoms with Gasteiger partial charge >= 0.3 is 6.09 Å². The number of hydrogen-bond acceptors (Lipinski definition) is 6. The average molecular weight is 519 g/mol. The van der Waals surface area contributed by atoms with Gasteiger partial charge < -0.3 is 16.2 Å². The standard InChI is InChI=1S/C31H30N6O2/c1-22-17-18-27(32)19-28(22)23(21-33-29(38)39)20-30(34-36-37-35-30)31(24-11-5-2-6-12-24,25-13-7-3-8-14-25)26-15-9-4-10-16-26/h2-19,23,33H,20-21,32H2,1H3,(H,38,39). The molecule has 5 rings (SSSR count). The summed E-state index contributed by atoms with van der Waals surface area (Å²) in [5, 5.41) is 29.9. The third-order valence-electron chi connectivity index (χ3n) is 7.46. The second-order valence-electron chi connectivity index (χ2n) is 9.75. The lowest BCUT2D eigenvalue weighted by Gasteiger charge is -2.45. The van der Waals surface area contributed by atoms with Gasteiger partial charge in [0.15, 0.2) is 0 Å². The van der Waals surface area contributed by atoms with Crippen molar-refractivity contribution in [2.75, 3.05) is 12.3 Å². The van der Waals surface area contributed by atoms with E-state index in [4.69, 9.17) is 16.0 Å². The van der Waals surface area contributed by atoms with E-state index < -0.39 is 17.2 Å². The smallest absolute Gasteiger partial charge is 0.404 e. The van der Waals surface area contributed by atoms with Crippen LogP contribution in [-0.2, 0) is 5.41 Å². The van der Waals surface area contributed by atoms with Crippen molar-refractivity contribution >= 4 is 11.8 Å². The molecule has 4 N–H and O–H groups in total. The van der Waals surface area contributed by atoms with Crippen LogP contribution in [0.25, 0.3) is 0 Å². The molecule has 0 saturated carbocycles. The number of rotatable bonds is 9. The minimum atomic E-state index is -1.24. The maximum atomic E-state index is 11.6. The van der Waals surface area contributed by atoms with E-state index in [0.29, 0.717) is 12.1 Å². The third-order valence-corrected chi connectivity index (χ3v) is 7.46. The summed E-state index contributed by atoms with van der Waals surface area (Å²) in [5.41, 5.74) is 9.45. The third kappa shape index (κ3) is 4.77. The predicted molar refractivity (Wildman–Crippen MR) is 151 cm³/mol. The zero-order chi connectivity index (χ0) is 27.3. The molecule has 0 radical (unpaired) electrons. The van der Waals surface area contributed by atoms with Crippen molar-refractivity contribution in [1.82, 2.24) is 5.32 Å². The number of anilines is 1. The summed E-state index contributed by atoms with van der Waals surface area (Å²) < 4.78 is 0. The molecule has 0 fully saturated rings. The van der Waals surface area contributed by atoms with Crippen LogP contribution in [0.4, 0.5) is 10.5 Å². The molecule has 0 bridgehead atoms. The van der Waals surface area contributed by atoms with Crippen LogP contribution in [0.3, 0.4) is 0 Å². The summed E-state index contributed by atoms with van der Waals surface area (Å²) >= 11 is 0. The molecule has 4 aromatic rings. The van der Waals surface area contributed by atoms with Crippen molar-refractivity contribution in [1.29, 1.82) is 0 Å². The van der Waals surface area contributed by atoms with Crippen LogP contribution in [0.1, 0.15) is 40.2 Å². The minimum absolute atomic E-state index is 0.140. The Morgan fingerprint density at radius 2 is 1.33 bits per heavy atom. The first-order chi connectivity index (χ1) is 19.0. The molecule has 8 nitrogen and oxygen atoms in total. The van der Waals surface area contributed by atoms with Crippen LogP contribution < -0.4 is 11.1 Å². The van der Waals surface area contributed by atoms with Gasteiger partial charge in [-0.15, -0.1) is 10.2 Å². The number of nitrogens with zero attached hydrogens (tertiary/aromatic N) is 4. The number of nitrogens with two attached hydrogens (primary N) is 1. The highest BCUT2D eigenvalue weighted by Crippen LogP contribution is 2.55. The highest BCUT2D eigenvalue weighted by atomic mass is 16.4. The summed E-state index contributed by atoms with van der Waals surface area (Å²) in [5.74, 6) is -0.337. The highest BCUT2D eigenvalue weighted by molar-refractivity contribution is 5.64. The Bertz CT molecular complexity index is 1380. The Kier molecular flexibility index (Phi) is 7.19. The van der Waals surface area contributed by atoms with Crippen molar-refractivity contribution in [3.63, 3.8) is 0 Å². The van der Waals surface area contributed by atoms with Gasteiger partial charge in [-0.25, -0.2) is 4.79 Å². The largest absolute Gasteiger partial charge is 0.465 e. The molecular weight excluding hydrogens is 488 g/mol. The molecule has 1 aliphatic heterocycles. The average Bonchev–Trinajstić information content (AvgIpc) is 3.44. The van der Waals surface area contributed by atoms with Gasteiger partial charge in [0.25, 0.3) is 0 Å². The molecule has 39 heavy (non-hydrogen) atoms. The molecular formula is C31H30N6O2. The normalized spacial score (nSPS) is 14.7. The van der Waals surface area contributed by atoms with E-state index >= 15 is 0 Å². The van der Waals surface area contributed by atoms with E-state index in [0.717, 1.165) is 27.8 Å². The molecule has 8 heteroatoms. The molecule has 1 amide bonds. The Balaban J connectivity index is 1.80.